The molecule has 0 fully saturated rings. The van der Waals surface area contributed by atoms with Gasteiger partial charge in [0.05, 0.1) is 22.9 Å². The third kappa shape index (κ3) is 12.1. The second-order valence-electron chi connectivity index (χ2n) is 12.9. The largest absolute Gasteiger partial charge is 0.496 e. The number of aromatic nitrogens is 1. The number of aliphatic hydroxyl groups is 1. The molecule has 1 heterocycles. The highest BCUT2D eigenvalue weighted by Gasteiger charge is 2.29. The van der Waals surface area contributed by atoms with Crippen molar-refractivity contribution in [1.82, 2.24) is 20.3 Å². The molecular weight excluding hydrogens is 651 g/mol. The fraction of sp³-hybridized carbons (Fsp3) is 0.581. The van der Waals surface area contributed by atoms with Crippen LogP contribution in [0.4, 0.5) is 9.59 Å². The zero-order valence-electron chi connectivity index (χ0n) is 28.9. The van der Waals surface area contributed by atoms with Gasteiger partial charge >= 0.3 is 12.2 Å². The fourth-order valence-corrected chi connectivity index (χ4v) is 6.73. The lowest BCUT2D eigenvalue weighted by molar-refractivity contribution is 0.0411. The van der Waals surface area contributed by atoms with Crippen molar-refractivity contribution in [3.8, 4) is 5.75 Å². The molecule has 16 heteroatoms. The maximum Gasteiger partial charge on any atom is 0.414 e. The number of carbonyl (C=O) groups excluding carboxylic acids is 3. The number of hydrogen-bond acceptors (Lipinski definition) is 12. The fourth-order valence-electron chi connectivity index (χ4n) is 4.35. The predicted octanol–water partition coefficient (Wildman–Crippen LogP) is 4.85. The molecule has 0 saturated carbocycles. The van der Waals surface area contributed by atoms with Gasteiger partial charge in [0.2, 0.25) is 5.96 Å². The summed E-state index contributed by atoms with van der Waals surface area (Å²) in [6.45, 7) is 16.4. The lowest BCUT2D eigenvalue weighted by atomic mass is 10.1. The van der Waals surface area contributed by atoms with E-state index in [0.29, 0.717) is 27.3 Å². The second-order valence-corrected chi connectivity index (χ2v) is 15.6. The van der Waals surface area contributed by atoms with E-state index < -0.39 is 45.6 Å². The number of nitrogens with one attached hydrogen (secondary N) is 3. The summed E-state index contributed by atoms with van der Waals surface area (Å²) < 4.78 is 45.6. The van der Waals surface area contributed by atoms with E-state index in [-0.39, 0.29) is 41.0 Å². The van der Waals surface area contributed by atoms with E-state index in [1.807, 2.05) is 0 Å². The van der Waals surface area contributed by atoms with E-state index in [1.165, 1.54) is 20.2 Å². The summed E-state index contributed by atoms with van der Waals surface area (Å²) in [5.74, 6) is -0.0592. The van der Waals surface area contributed by atoms with Crippen molar-refractivity contribution in [1.29, 1.82) is 0 Å². The standard InChI is InChI=1S/C31H47N5O9S2/c1-17-15-22(43-11)18(2)19(3)25(17)47(41,42)36-27(35-29(40)45-31(8,9)10)32-14-12-13-21(34-28(39)44-30(5,6)7)24(38)26-33-16-23(46-26)20(4)37/h15-16,21,24,38H,12-14H2,1-11H3,(H,34,39)(H2,32,35,36,40)/t21-,24?/m0/s1. The monoisotopic (exact) mass is 697 g/mol. The van der Waals surface area contributed by atoms with E-state index >= 15 is 0 Å². The summed E-state index contributed by atoms with van der Waals surface area (Å²) >= 11 is 1.01. The van der Waals surface area contributed by atoms with Crippen LogP contribution in [0.25, 0.3) is 0 Å². The van der Waals surface area contributed by atoms with Crippen LogP contribution < -0.4 is 20.1 Å². The number of aryl methyl sites for hydroxylation is 1. The Balaban J connectivity index is 2.36. The number of rotatable bonds is 11. The Morgan fingerprint density at radius 2 is 1.62 bits per heavy atom. The number of Topliss-reactive ketones (excluding diaryl/α,β-unsaturated/α-hetero) is 1. The first-order chi connectivity index (χ1) is 21.5. The molecule has 0 aliphatic heterocycles. The molecule has 47 heavy (non-hydrogen) atoms. The van der Waals surface area contributed by atoms with Gasteiger partial charge in [-0.1, -0.05) is 0 Å². The third-order valence-electron chi connectivity index (χ3n) is 6.47. The number of methoxy groups -OCH3 is 1. The van der Waals surface area contributed by atoms with E-state index in [1.54, 1.807) is 68.4 Å². The number of hydrogen-bond donors (Lipinski definition) is 4. The topological polar surface area (TPSA) is 195 Å². The Labute approximate surface area is 280 Å². The number of carbonyl (C=O) groups is 3. The number of alkyl carbamates (subject to hydrolysis) is 2. The number of aliphatic imine (C=N–C) groups is 1. The van der Waals surface area contributed by atoms with Crippen molar-refractivity contribution >= 4 is 45.3 Å². The highest BCUT2D eigenvalue weighted by molar-refractivity contribution is 7.90. The molecule has 2 rings (SSSR count). The molecule has 4 N–H and O–H groups in total. The molecule has 0 bridgehead atoms. The number of benzene rings is 1. The van der Waals surface area contributed by atoms with Crippen LogP contribution in [-0.2, 0) is 19.5 Å². The first kappa shape index (κ1) is 39.4. The second kappa shape index (κ2) is 15.9. The minimum atomic E-state index is -4.25. The molecule has 0 aliphatic carbocycles. The Kier molecular flexibility index (Phi) is 13.3. The molecule has 0 aliphatic rings. The van der Waals surface area contributed by atoms with Gasteiger partial charge in [-0.15, -0.1) is 11.3 Å². The Bertz CT molecular complexity index is 1590. The number of amides is 2. The average Bonchev–Trinajstić information content (AvgIpc) is 3.40. The van der Waals surface area contributed by atoms with Crippen LogP contribution in [0.15, 0.2) is 22.2 Å². The smallest absolute Gasteiger partial charge is 0.414 e. The van der Waals surface area contributed by atoms with Crippen molar-refractivity contribution in [3.05, 3.63) is 38.8 Å². The maximum atomic E-state index is 13.6. The number of guanidine groups is 1. The molecule has 262 valence electrons. The van der Waals surface area contributed by atoms with Gasteiger partial charge in [0.25, 0.3) is 10.0 Å². The number of ether oxygens (including phenoxy) is 3. The molecule has 2 atom stereocenters. The molecule has 0 saturated heterocycles. The quantitative estimate of drug-likeness (QED) is 0.109. The van der Waals surface area contributed by atoms with Crippen LogP contribution in [0.5, 0.6) is 5.75 Å². The third-order valence-corrected chi connectivity index (χ3v) is 9.26. The van der Waals surface area contributed by atoms with Crippen molar-refractivity contribution in [3.63, 3.8) is 0 Å². The van der Waals surface area contributed by atoms with Crippen molar-refractivity contribution in [2.45, 2.75) is 110 Å². The lowest BCUT2D eigenvalue weighted by Crippen LogP contribution is -2.46. The number of aliphatic hydroxyl groups excluding tert-OH is 1. The molecule has 2 aromatic rings. The van der Waals surface area contributed by atoms with Crippen LogP contribution in [0, 0.1) is 20.8 Å². The molecule has 0 radical (unpaired) electrons. The molecular formula is C31H47N5O9S2. The molecule has 14 nitrogen and oxygen atoms in total. The van der Waals surface area contributed by atoms with Gasteiger partial charge in [0, 0.05) is 19.7 Å². The average molecular weight is 698 g/mol. The Morgan fingerprint density at radius 3 is 2.15 bits per heavy atom. The SMILES string of the molecule is COc1cc(C)c(S(=O)(=O)NC(=NCCC[C@H](NC(=O)OC(C)(C)C)C(O)c2ncc(C(C)=O)s2)NC(=O)OC(C)(C)C)c(C)c1C. The summed E-state index contributed by atoms with van der Waals surface area (Å²) in [5, 5.41) is 16.4. The number of ketones is 1. The van der Waals surface area contributed by atoms with Crippen LogP contribution in [0.3, 0.4) is 0 Å². The van der Waals surface area contributed by atoms with Crippen molar-refractivity contribution in [2.24, 2.45) is 4.99 Å². The number of thiazole rings is 1. The Hall–Kier alpha value is -3.76. The predicted molar refractivity (Wildman–Crippen MR) is 179 cm³/mol. The first-order valence-corrected chi connectivity index (χ1v) is 17.2. The molecule has 2 amide bonds. The Morgan fingerprint density at radius 1 is 1.02 bits per heavy atom. The van der Waals surface area contributed by atoms with Crippen molar-refractivity contribution in [2.75, 3.05) is 13.7 Å². The van der Waals surface area contributed by atoms with Gasteiger partial charge in [0.15, 0.2) is 5.78 Å². The summed E-state index contributed by atoms with van der Waals surface area (Å²) in [4.78, 5) is 45.8. The zero-order valence-corrected chi connectivity index (χ0v) is 30.5. The van der Waals surface area contributed by atoms with Gasteiger partial charge in [-0.2, -0.15) is 0 Å². The van der Waals surface area contributed by atoms with Gasteiger partial charge < -0.3 is 24.6 Å². The van der Waals surface area contributed by atoms with Crippen LogP contribution >= 0.6 is 11.3 Å². The van der Waals surface area contributed by atoms with E-state index in [9.17, 15) is 27.9 Å². The summed E-state index contributed by atoms with van der Waals surface area (Å²) in [6, 6.07) is 0.706. The molecule has 0 spiro atoms. The zero-order chi connectivity index (χ0) is 35.9. The summed E-state index contributed by atoms with van der Waals surface area (Å²) in [5.41, 5.74) is -0.149. The van der Waals surface area contributed by atoms with Gasteiger partial charge in [0.1, 0.15) is 28.1 Å². The van der Waals surface area contributed by atoms with E-state index in [4.69, 9.17) is 14.2 Å². The van der Waals surface area contributed by atoms with Gasteiger partial charge in [-0.05, 0) is 97.9 Å². The summed E-state index contributed by atoms with van der Waals surface area (Å²) in [7, 11) is -2.76. The summed E-state index contributed by atoms with van der Waals surface area (Å²) in [6.07, 6.45) is -1.27. The minimum Gasteiger partial charge on any atom is -0.496 e. The number of sulfonamides is 1. The lowest BCUT2D eigenvalue weighted by Gasteiger charge is -2.26. The highest BCUT2D eigenvalue weighted by Crippen LogP contribution is 2.30. The molecule has 1 unspecified atom stereocenters. The van der Waals surface area contributed by atoms with E-state index in [2.05, 4.69) is 25.3 Å². The van der Waals surface area contributed by atoms with E-state index in [0.717, 1.165) is 11.3 Å². The maximum absolute atomic E-state index is 13.6. The molecule has 1 aromatic carbocycles. The first-order valence-electron chi connectivity index (χ1n) is 14.9. The van der Waals surface area contributed by atoms with Crippen LogP contribution in [0.2, 0.25) is 0 Å². The van der Waals surface area contributed by atoms with Gasteiger partial charge in [-0.3, -0.25) is 15.1 Å². The normalized spacial score (nSPS) is 13.7. The van der Waals surface area contributed by atoms with Crippen LogP contribution in [-0.4, -0.2) is 73.3 Å². The molecule has 1 aromatic heterocycles. The number of nitrogens with zero attached hydrogens (tertiary/aromatic N) is 2. The van der Waals surface area contributed by atoms with Gasteiger partial charge in [-0.25, -0.2) is 27.7 Å². The van der Waals surface area contributed by atoms with Crippen LogP contribution in [0.1, 0.15) is 98.8 Å². The minimum absolute atomic E-state index is 0.00705. The van der Waals surface area contributed by atoms with Crippen molar-refractivity contribution < 1.29 is 42.1 Å². The highest BCUT2D eigenvalue weighted by atomic mass is 32.2.